The van der Waals surface area contributed by atoms with Gasteiger partial charge in [0.05, 0.1) is 0 Å². The Hall–Kier alpha value is -0.580. The number of carbonyl (C=O) groups is 1. The van der Waals surface area contributed by atoms with Gasteiger partial charge >= 0.3 is 0 Å². The molecule has 3 nitrogen and oxygen atoms in total. The zero-order valence-electron chi connectivity index (χ0n) is 10.4. The van der Waals surface area contributed by atoms with Gasteiger partial charge in [0.25, 0.3) is 5.91 Å². The first-order valence-corrected chi connectivity index (χ1v) is 6.68. The summed E-state index contributed by atoms with van der Waals surface area (Å²) in [6.45, 7) is 2.94. The Balaban J connectivity index is 0.00000162. The largest absolute Gasteiger partial charge is 0.341 e. The van der Waals surface area contributed by atoms with Crippen molar-refractivity contribution in [2.45, 2.75) is 6.42 Å². The fourth-order valence-corrected chi connectivity index (χ4v) is 2.42. The molecule has 0 bridgehead atoms. The average molecular weight is 334 g/mol. The highest BCUT2D eigenvalue weighted by molar-refractivity contribution is 9.10. The van der Waals surface area contributed by atoms with Gasteiger partial charge in [-0.3, -0.25) is 4.79 Å². The first-order chi connectivity index (χ1) is 8.16. The molecule has 1 aromatic carbocycles. The molecule has 18 heavy (non-hydrogen) atoms. The normalized spacial score (nSPS) is 18.2. The third kappa shape index (κ3) is 3.97. The second kappa shape index (κ2) is 7.12. The van der Waals surface area contributed by atoms with E-state index >= 15 is 0 Å². The van der Waals surface area contributed by atoms with Crippen molar-refractivity contribution in [1.29, 1.82) is 0 Å². The number of nitrogens with one attached hydrogen (secondary N) is 1. The summed E-state index contributed by atoms with van der Waals surface area (Å²) in [5, 5.41) is 3.32. The lowest BCUT2D eigenvalue weighted by Gasteiger charge is -2.20. The van der Waals surface area contributed by atoms with Crippen molar-refractivity contribution in [2.24, 2.45) is 5.92 Å². The van der Waals surface area contributed by atoms with Crippen LogP contribution in [0.4, 0.5) is 0 Å². The molecular formula is C13H18BrClN2O. The number of halogens is 2. The summed E-state index contributed by atoms with van der Waals surface area (Å²) in [4.78, 5) is 14.0. The van der Waals surface area contributed by atoms with E-state index in [1.807, 2.05) is 36.2 Å². The van der Waals surface area contributed by atoms with Crippen molar-refractivity contribution < 1.29 is 4.79 Å². The Bertz CT molecular complexity index is 390. The van der Waals surface area contributed by atoms with E-state index in [1.165, 1.54) is 0 Å². The number of hydrogen-bond acceptors (Lipinski definition) is 2. The first-order valence-electron chi connectivity index (χ1n) is 5.88. The predicted octanol–water partition coefficient (Wildman–Crippen LogP) is 2.55. The average Bonchev–Trinajstić information content (AvgIpc) is 2.82. The van der Waals surface area contributed by atoms with Crippen molar-refractivity contribution in [2.75, 3.05) is 26.7 Å². The lowest BCUT2D eigenvalue weighted by atomic mass is 10.1. The van der Waals surface area contributed by atoms with Gasteiger partial charge in [0.1, 0.15) is 0 Å². The topological polar surface area (TPSA) is 32.3 Å². The smallest absolute Gasteiger partial charge is 0.253 e. The minimum absolute atomic E-state index is 0. The van der Waals surface area contributed by atoms with Crippen LogP contribution in [0.25, 0.3) is 0 Å². The van der Waals surface area contributed by atoms with E-state index < -0.39 is 0 Å². The molecule has 0 radical (unpaired) electrons. The van der Waals surface area contributed by atoms with E-state index in [0.717, 1.165) is 36.1 Å². The van der Waals surface area contributed by atoms with Gasteiger partial charge in [-0.25, -0.2) is 0 Å². The van der Waals surface area contributed by atoms with Crippen LogP contribution in [-0.2, 0) is 0 Å². The van der Waals surface area contributed by atoms with Crippen molar-refractivity contribution in [3.8, 4) is 0 Å². The molecular weight excluding hydrogens is 316 g/mol. The molecule has 1 heterocycles. The Morgan fingerprint density at radius 2 is 2.11 bits per heavy atom. The molecule has 1 atom stereocenters. The van der Waals surface area contributed by atoms with Gasteiger partial charge in [0, 0.05) is 23.6 Å². The van der Waals surface area contributed by atoms with Crippen molar-refractivity contribution in [1.82, 2.24) is 10.2 Å². The predicted molar refractivity (Wildman–Crippen MR) is 79.3 cm³/mol. The van der Waals surface area contributed by atoms with Crippen molar-refractivity contribution in [3.63, 3.8) is 0 Å². The Labute approximate surface area is 122 Å². The van der Waals surface area contributed by atoms with Crippen LogP contribution in [0.3, 0.4) is 0 Å². The molecule has 0 spiro atoms. The highest BCUT2D eigenvalue weighted by Gasteiger charge is 2.19. The van der Waals surface area contributed by atoms with E-state index in [4.69, 9.17) is 0 Å². The molecule has 1 aromatic rings. The zero-order chi connectivity index (χ0) is 12.3. The molecule has 1 saturated heterocycles. The molecule has 1 N–H and O–H groups in total. The maximum atomic E-state index is 12.1. The van der Waals surface area contributed by atoms with Gasteiger partial charge in [-0.1, -0.05) is 15.9 Å². The van der Waals surface area contributed by atoms with E-state index in [1.54, 1.807) is 0 Å². The lowest BCUT2D eigenvalue weighted by molar-refractivity contribution is 0.0776. The van der Waals surface area contributed by atoms with Crippen LogP contribution in [0, 0.1) is 5.92 Å². The maximum absolute atomic E-state index is 12.1. The summed E-state index contributed by atoms with van der Waals surface area (Å²) in [6.07, 6.45) is 1.16. The van der Waals surface area contributed by atoms with Gasteiger partial charge in [-0.15, -0.1) is 12.4 Å². The Morgan fingerprint density at radius 3 is 2.67 bits per heavy atom. The van der Waals surface area contributed by atoms with Crippen LogP contribution < -0.4 is 5.32 Å². The number of nitrogens with zero attached hydrogens (tertiary/aromatic N) is 1. The molecule has 1 fully saturated rings. The van der Waals surface area contributed by atoms with E-state index in [-0.39, 0.29) is 18.3 Å². The lowest BCUT2D eigenvalue weighted by Crippen LogP contribution is -2.32. The fraction of sp³-hybridized carbons (Fsp3) is 0.462. The van der Waals surface area contributed by atoms with Gasteiger partial charge in [0.15, 0.2) is 0 Å². The standard InChI is InChI=1S/C13H17BrN2O.ClH/c1-16(9-10-6-7-15-8-10)13(17)11-2-4-12(14)5-3-11;/h2-5,10,15H,6-9H2,1H3;1H/t10-;/m1./s1. The summed E-state index contributed by atoms with van der Waals surface area (Å²) >= 11 is 3.37. The van der Waals surface area contributed by atoms with Crippen LogP contribution in [0.2, 0.25) is 0 Å². The summed E-state index contributed by atoms with van der Waals surface area (Å²) in [5.41, 5.74) is 0.752. The quantitative estimate of drug-likeness (QED) is 0.922. The SMILES string of the molecule is CN(C[C@@H]1CCNC1)C(=O)c1ccc(Br)cc1.Cl. The van der Waals surface area contributed by atoms with E-state index in [2.05, 4.69) is 21.2 Å². The number of rotatable bonds is 3. The second-order valence-corrected chi connectivity index (χ2v) is 5.47. The highest BCUT2D eigenvalue weighted by atomic mass is 79.9. The van der Waals surface area contributed by atoms with Crippen LogP contribution in [0.5, 0.6) is 0 Å². The molecule has 5 heteroatoms. The van der Waals surface area contributed by atoms with Crippen LogP contribution in [-0.4, -0.2) is 37.5 Å². The fourth-order valence-electron chi connectivity index (χ4n) is 2.15. The maximum Gasteiger partial charge on any atom is 0.253 e. The van der Waals surface area contributed by atoms with Crippen molar-refractivity contribution in [3.05, 3.63) is 34.3 Å². The molecule has 0 saturated carbocycles. The Kier molecular flexibility index (Phi) is 6.12. The van der Waals surface area contributed by atoms with Gasteiger partial charge in [0.2, 0.25) is 0 Å². The molecule has 2 rings (SSSR count). The third-order valence-corrected chi connectivity index (χ3v) is 3.66. The monoisotopic (exact) mass is 332 g/mol. The van der Waals surface area contributed by atoms with Gasteiger partial charge in [-0.2, -0.15) is 0 Å². The van der Waals surface area contributed by atoms with Gasteiger partial charge in [-0.05, 0) is 49.7 Å². The number of benzene rings is 1. The van der Waals surface area contributed by atoms with Gasteiger partial charge < -0.3 is 10.2 Å². The number of amides is 1. The minimum Gasteiger partial charge on any atom is -0.341 e. The molecule has 0 aromatic heterocycles. The zero-order valence-corrected chi connectivity index (χ0v) is 12.8. The van der Waals surface area contributed by atoms with Crippen LogP contribution in [0.1, 0.15) is 16.8 Å². The highest BCUT2D eigenvalue weighted by Crippen LogP contribution is 2.14. The molecule has 0 unspecified atom stereocenters. The first kappa shape index (κ1) is 15.5. The summed E-state index contributed by atoms with van der Waals surface area (Å²) in [7, 11) is 1.88. The van der Waals surface area contributed by atoms with Crippen LogP contribution >= 0.6 is 28.3 Å². The molecule has 100 valence electrons. The minimum atomic E-state index is 0. The van der Waals surface area contributed by atoms with E-state index in [9.17, 15) is 4.79 Å². The molecule has 1 aliphatic heterocycles. The van der Waals surface area contributed by atoms with Crippen molar-refractivity contribution >= 4 is 34.2 Å². The second-order valence-electron chi connectivity index (χ2n) is 4.55. The summed E-state index contributed by atoms with van der Waals surface area (Å²) in [5.74, 6) is 0.698. The number of carbonyl (C=O) groups excluding carboxylic acids is 1. The molecule has 0 aliphatic carbocycles. The Morgan fingerprint density at radius 1 is 1.44 bits per heavy atom. The van der Waals surface area contributed by atoms with Crippen LogP contribution in [0.15, 0.2) is 28.7 Å². The summed E-state index contributed by atoms with van der Waals surface area (Å²) in [6, 6.07) is 7.52. The molecule has 1 aliphatic rings. The molecule has 1 amide bonds. The van der Waals surface area contributed by atoms with E-state index in [0.29, 0.717) is 5.92 Å². The summed E-state index contributed by atoms with van der Waals surface area (Å²) < 4.78 is 0.997. The third-order valence-electron chi connectivity index (χ3n) is 3.13. The number of hydrogen-bond donors (Lipinski definition) is 1.